The van der Waals surface area contributed by atoms with E-state index in [2.05, 4.69) is 15.3 Å². The number of H-pyrrole nitrogens is 1. The van der Waals surface area contributed by atoms with E-state index in [1.165, 1.54) is 18.9 Å². The van der Waals surface area contributed by atoms with Crippen LogP contribution in [0.3, 0.4) is 0 Å². The summed E-state index contributed by atoms with van der Waals surface area (Å²) < 4.78 is 4.73. The highest BCUT2D eigenvalue weighted by atomic mass is 32.2. The van der Waals surface area contributed by atoms with Crippen molar-refractivity contribution in [3.63, 3.8) is 0 Å². The Balaban J connectivity index is 1.73. The number of rotatable bonds is 5. The van der Waals surface area contributed by atoms with Gasteiger partial charge in [0.15, 0.2) is 5.16 Å². The van der Waals surface area contributed by atoms with Crippen LogP contribution in [-0.2, 0) is 22.4 Å². The fourth-order valence-corrected chi connectivity index (χ4v) is 3.63. The number of methoxy groups -OCH3 is 1. The van der Waals surface area contributed by atoms with Gasteiger partial charge < -0.3 is 15.0 Å². The van der Waals surface area contributed by atoms with Crippen LogP contribution in [0.5, 0.6) is 0 Å². The van der Waals surface area contributed by atoms with E-state index < -0.39 is 11.2 Å². The van der Waals surface area contributed by atoms with E-state index >= 15 is 0 Å². The fourth-order valence-electron chi connectivity index (χ4n) is 2.81. The lowest BCUT2D eigenvalue weighted by Gasteiger charge is -2.14. The van der Waals surface area contributed by atoms with Crippen molar-refractivity contribution in [2.24, 2.45) is 0 Å². The number of ether oxygens (including phenoxy) is 1. The number of para-hydroxylation sites is 1. The number of anilines is 1. The molecule has 0 aliphatic heterocycles. The third-order valence-corrected chi connectivity index (χ3v) is 5.15. The number of amides is 1. The van der Waals surface area contributed by atoms with Crippen LogP contribution in [-0.4, -0.2) is 34.2 Å². The topological polar surface area (TPSA) is 101 Å². The van der Waals surface area contributed by atoms with E-state index in [0.717, 1.165) is 30.5 Å². The summed E-state index contributed by atoms with van der Waals surface area (Å²) in [6, 6.07) is 6.63. The first kappa shape index (κ1) is 18.2. The van der Waals surface area contributed by atoms with Crippen molar-refractivity contribution in [1.82, 2.24) is 9.97 Å². The lowest BCUT2D eigenvalue weighted by molar-refractivity contribution is -0.115. The van der Waals surface area contributed by atoms with Gasteiger partial charge in [-0.1, -0.05) is 23.9 Å². The molecule has 1 aliphatic carbocycles. The van der Waals surface area contributed by atoms with Gasteiger partial charge in [0.25, 0.3) is 5.56 Å². The zero-order chi connectivity index (χ0) is 18.7. The van der Waals surface area contributed by atoms with Gasteiger partial charge in [-0.05, 0) is 38.3 Å². The van der Waals surface area contributed by atoms with Gasteiger partial charge in [-0.3, -0.25) is 9.59 Å². The Bertz CT molecular complexity index is 910. The van der Waals surface area contributed by atoms with E-state index in [4.69, 9.17) is 4.74 Å². The standard InChI is InChI=1S/C18H19N3O4S/c1-10(26-18-20-13-9-5-7-11(13)16(23)21-18)15(22)19-14-8-4-3-6-12(14)17(24)25-2/h3-4,6,8,10H,5,7,9H2,1-2H3,(H,19,22)(H,20,21,23). The van der Waals surface area contributed by atoms with Crippen molar-refractivity contribution in [2.45, 2.75) is 36.6 Å². The molecule has 1 heterocycles. The molecule has 2 N–H and O–H groups in total. The monoisotopic (exact) mass is 373 g/mol. The van der Waals surface area contributed by atoms with E-state index in [1.807, 2.05) is 0 Å². The SMILES string of the molecule is COC(=O)c1ccccc1NC(=O)C(C)Sc1nc2c(c(=O)[nH]1)CCC2. The fraction of sp³-hybridized carbons (Fsp3) is 0.333. The minimum absolute atomic E-state index is 0.126. The highest BCUT2D eigenvalue weighted by Gasteiger charge is 2.22. The first-order valence-electron chi connectivity index (χ1n) is 8.26. The first-order valence-corrected chi connectivity index (χ1v) is 9.14. The van der Waals surface area contributed by atoms with Crippen LogP contribution in [0.2, 0.25) is 0 Å². The number of carbonyl (C=O) groups excluding carboxylic acids is 2. The van der Waals surface area contributed by atoms with E-state index in [-0.39, 0.29) is 17.0 Å². The number of thioether (sulfide) groups is 1. The number of hydrogen-bond donors (Lipinski definition) is 2. The van der Waals surface area contributed by atoms with Gasteiger partial charge in [0.2, 0.25) is 5.91 Å². The Morgan fingerprint density at radius 1 is 1.31 bits per heavy atom. The van der Waals surface area contributed by atoms with Gasteiger partial charge in [-0.2, -0.15) is 0 Å². The van der Waals surface area contributed by atoms with Crippen molar-refractivity contribution in [1.29, 1.82) is 0 Å². The molecular weight excluding hydrogens is 354 g/mol. The van der Waals surface area contributed by atoms with E-state index in [9.17, 15) is 14.4 Å². The molecule has 0 fully saturated rings. The second-order valence-electron chi connectivity index (χ2n) is 5.94. The second-order valence-corrected chi connectivity index (χ2v) is 7.27. The number of esters is 1. The van der Waals surface area contributed by atoms with Gasteiger partial charge in [0.05, 0.1) is 29.3 Å². The predicted octanol–water partition coefficient (Wildman–Crippen LogP) is 2.16. The van der Waals surface area contributed by atoms with Crippen LogP contribution >= 0.6 is 11.8 Å². The number of hydrogen-bond acceptors (Lipinski definition) is 6. The van der Waals surface area contributed by atoms with Crippen molar-refractivity contribution in [3.05, 3.63) is 51.4 Å². The molecule has 1 amide bonds. The number of aromatic amines is 1. The van der Waals surface area contributed by atoms with Gasteiger partial charge in [-0.25, -0.2) is 9.78 Å². The summed E-state index contributed by atoms with van der Waals surface area (Å²) in [7, 11) is 1.29. The molecule has 8 heteroatoms. The maximum absolute atomic E-state index is 12.5. The quantitative estimate of drug-likeness (QED) is 0.473. The number of nitrogens with one attached hydrogen (secondary N) is 2. The van der Waals surface area contributed by atoms with Crippen LogP contribution < -0.4 is 10.9 Å². The Morgan fingerprint density at radius 3 is 2.85 bits per heavy atom. The molecule has 0 saturated carbocycles. The molecule has 136 valence electrons. The minimum atomic E-state index is -0.522. The van der Waals surface area contributed by atoms with Crippen LogP contribution in [0, 0.1) is 0 Å². The normalized spacial score (nSPS) is 13.8. The zero-order valence-corrected chi connectivity index (χ0v) is 15.3. The van der Waals surface area contributed by atoms with Crippen LogP contribution in [0.15, 0.2) is 34.2 Å². The molecule has 3 rings (SSSR count). The molecule has 0 saturated heterocycles. The Kier molecular flexibility index (Phi) is 5.41. The van der Waals surface area contributed by atoms with Gasteiger partial charge >= 0.3 is 5.97 Å². The smallest absolute Gasteiger partial charge is 0.339 e. The third kappa shape index (κ3) is 3.80. The number of benzene rings is 1. The average molecular weight is 373 g/mol. The lowest BCUT2D eigenvalue weighted by Crippen LogP contribution is -2.25. The Labute approximate surface area is 154 Å². The summed E-state index contributed by atoms with van der Waals surface area (Å²) in [5.74, 6) is -0.819. The number of fused-ring (bicyclic) bond motifs is 1. The molecule has 26 heavy (non-hydrogen) atoms. The molecule has 1 aromatic carbocycles. The summed E-state index contributed by atoms with van der Waals surface area (Å²) in [5.41, 5.74) is 2.11. The third-order valence-electron chi connectivity index (χ3n) is 4.17. The van der Waals surface area contributed by atoms with Crippen molar-refractivity contribution < 1.29 is 14.3 Å². The van der Waals surface area contributed by atoms with Crippen molar-refractivity contribution in [3.8, 4) is 0 Å². The maximum atomic E-state index is 12.5. The summed E-state index contributed by atoms with van der Waals surface area (Å²) in [6.07, 6.45) is 2.47. The molecular formula is C18H19N3O4S. The molecule has 0 spiro atoms. The second kappa shape index (κ2) is 7.74. The summed E-state index contributed by atoms with van der Waals surface area (Å²) in [5, 5.41) is 2.65. The predicted molar refractivity (Wildman–Crippen MR) is 98.6 cm³/mol. The molecule has 0 radical (unpaired) electrons. The largest absolute Gasteiger partial charge is 0.465 e. The Hall–Kier alpha value is -2.61. The minimum Gasteiger partial charge on any atom is -0.465 e. The van der Waals surface area contributed by atoms with Crippen LogP contribution in [0.4, 0.5) is 5.69 Å². The number of aryl methyl sites for hydroxylation is 1. The van der Waals surface area contributed by atoms with Crippen molar-refractivity contribution >= 4 is 29.3 Å². The van der Waals surface area contributed by atoms with Gasteiger partial charge in [0, 0.05) is 5.56 Å². The van der Waals surface area contributed by atoms with Crippen LogP contribution in [0.25, 0.3) is 0 Å². The maximum Gasteiger partial charge on any atom is 0.339 e. The van der Waals surface area contributed by atoms with Gasteiger partial charge in [0.1, 0.15) is 0 Å². The Morgan fingerprint density at radius 2 is 2.08 bits per heavy atom. The van der Waals surface area contributed by atoms with Gasteiger partial charge in [-0.15, -0.1) is 0 Å². The zero-order valence-electron chi connectivity index (χ0n) is 14.5. The molecule has 1 atom stereocenters. The molecule has 2 aromatic rings. The summed E-state index contributed by atoms with van der Waals surface area (Å²) in [6.45, 7) is 1.72. The highest BCUT2D eigenvalue weighted by Crippen LogP contribution is 2.24. The molecule has 1 unspecified atom stereocenters. The average Bonchev–Trinajstić information content (AvgIpc) is 3.10. The van der Waals surface area contributed by atoms with E-state index in [1.54, 1.807) is 31.2 Å². The van der Waals surface area contributed by atoms with Crippen molar-refractivity contribution in [2.75, 3.05) is 12.4 Å². The first-order chi connectivity index (χ1) is 12.5. The summed E-state index contributed by atoms with van der Waals surface area (Å²) >= 11 is 1.18. The number of carbonyl (C=O) groups is 2. The lowest BCUT2D eigenvalue weighted by atomic mass is 10.2. The number of nitrogens with zero attached hydrogens (tertiary/aromatic N) is 1. The highest BCUT2D eigenvalue weighted by molar-refractivity contribution is 8.00. The van der Waals surface area contributed by atoms with Crippen LogP contribution in [0.1, 0.15) is 35.0 Å². The summed E-state index contributed by atoms with van der Waals surface area (Å²) in [4.78, 5) is 43.5. The van der Waals surface area contributed by atoms with E-state index in [0.29, 0.717) is 10.8 Å². The number of aromatic nitrogens is 2. The molecule has 1 aromatic heterocycles. The molecule has 7 nitrogen and oxygen atoms in total. The molecule has 0 bridgehead atoms. The molecule has 1 aliphatic rings.